The predicted octanol–water partition coefficient (Wildman–Crippen LogP) is 0.948. The van der Waals surface area contributed by atoms with Gasteiger partial charge >= 0.3 is 0 Å². The molecule has 1 saturated heterocycles. The Kier molecular flexibility index (Phi) is 11.1. The minimum atomic E-state index is -3.87. The van der Waals surface area contributed by atoms with E-state index in [1.807, 2.05) is 6.07 Å². The Morgan fingerprint density at radius 3 is 2.56 bits per heavy atom. The summed E-state index contributed by atoms with van der Waals surface area (Å²) in [6.45, 7) is 1.07. The van der Waals surface area contributed by atoms with E-state index in [-0.39, 0.29) is 37.1 Å². The molecular weight excluding hydrogens is 542 g/mol. The number of rotatable bonds is 13. The Bertz CT molecular complexity index is 1270. The van der Waals surface area contributed by atoms with Crippen molar-refractivity contribution in [3.8, 4) is 0 Å². The lowest BCUT2D eigenvalue weighted by atomic mass is 10.1. The standard InChI is InChI=1S/C26H36ClN7O4S/c27-21-11-10-19(15-28)20(14-21)16-32-24(35)23-9-5-13-34(23)25(36)22(8-4-12-31-26(29)30)33-39(37,38)17-18-6-2-1-3-7-18/h1-3,6-7,10-11,14,22-23,33H,4-5,8-9,12-13,15-17,28H2,(H,32,35)(H4,29,30,31)/t22-,23+/m1/s1. The lowest BCUT2D eigenvalue weighted by Gasteiger charge is -2.29. The molecule has 13 heteroatoms. The molecule has 1 heterocycles. The predicted molar refractivity (Wildman–Crippen MR) is 152 cm³/mol. The van der Waals surface area contributed by atoms with Crippen molar-refractivity contribution in [2.24, 2.45) is 22.2 Å². The molecule has 1 aliphatic heterocycles. The average molecular weight is 578 g/mol. The summed E-state index contributed by atoms with van der Waals surface area (Å²) in [5.74, 6) is -1.15. The third kappa shape index (κ3) is 9.20. The Labute approximate surface area is 234 Å². The minimum Gasteiger partial charge on any atom is -0.370 e. The number of carbonyl (C=O) groups excluding carboxylic acids is 2. The quantitative estimate of drug-likeness (QED) is 0.133. The number of amides is 2. The fourth-order valence-electron chi connectivity index (χ4n) is 4.55. The molecule has 2 aromatic carbocycles. The first kappa shape index (κ1) is 30.4. The van der Waals surface area contributed by atoms with Gasteiger partial charge in [0.25, 0.3) is 0 Å². The molecule has 2 amide bonds. The van der Waals surface area contributed by atoms with E-state index in [4.69, 9.17) is 28.8 Å². The zero-order valence-electron chi connectivity index (χ0n) is 21.7. The van der Waals surface area contributed by atoms with Crippen molar-refractivity contribution in [1.29, 1.82) is 0 Å². The van der Waals surface area contributed by atoms with Crippen LogP contribution in [-0.4, -0.2) is 56.3 Å². The lowest BCUT2D eigenvalue weighted by molar-refractivity contribution is -0.139. The summed E-state index contributed by atoms with van der Waals surface area (Å²) in [6.07, 6.45) is 1.61. The third-order valence-corrected chi connectivity index (χ3v) is 8.04. The SMILES string of the molecule is NCc1ccc(Cl)cc1CNC(=O)[C@@H]1CCCN1C(=O)[C@@H](CCCN=C(N)N)NS(=O)(=O)Cc1ccccc1. The number of nitrogens with two attached hydrogens (primary N) is 3. The summed E-state index contributed by atoms with van der Waals surface area (Å²) in [4.78, 5) is 32.2. The van der Waals surface area contributed by atoms with E-state index in [0.29, 0.717) is 42.9 Å². The largest absolute Gasteiger partial charge is 0.370 e. The molecule has 8 N–H and O–H groups in total. The second-order valence-electron chi connectivity index (χ2n) is 9.39. The lowest BCUT2D eigenvalue weighted by Crippen LogP contribution is -2.53. The van der Waals surface area contributed by atoms with Crippen LogP contribution in [0.15, 0.2) is 53.5 Å². The number of nitrogens with one attached hydrogen (secondary N) is 2. The summed E-state index contributed by atoms with van der Waals surface area (Å²) in [5.41, 5.74) is 18.8. The molecule has 1 aliphatic rings. The highest BCUT2D eigenvalue weighted by atomic mass is 35.5. The monoisotopic (exact) mass is 577 g/mol. The number of likely N-dealkylation sites (tertiary alicyclic amines) is 1. The Hall–Kier alpha value is -3.19. The summed E-state index contributed by atoms with van der Waals surface area (Å²) in [5, 5.41) is 3.41. The van der Waals surface area contributed by atoms with Gasteiger partial charge < -0.3 is 27.4 Å². The van der Waals surface area contributed by atoms with Gasteiger partial charge in [-0.3, -0.25) is 14.6 Å². The molecule has 0 radical (unpaired) electrons. The highest BCUT2D eigenvalue weighted by Crippen LogP contribution is 2.21. The van der Waals surface area contributed by atoms with Crippen LogP contribution in [0.3, 0.4) is 0 Å². The molecule has 0 spiro atoms. The minimum absolute atomic E-state index is 0.0868. The van der Waals surface area contributed by atoms with Crippen LogP contribution in [0.25, 0.3) is 0 Å². The molecule has 2 atom stereocenters. The second kappa shape index (κ2) is 14.3. The van der Waals surface area contributed by atoms with Crippen molar-refractivity contribution >= 4 is 39.4 Å². The number of aliphatic imine (C=N–C) groups is 1. The van der Waals surface area contributed by atoms with E-state index in [2.05, 4.69) is 15.0 Å². The van der Waals surface area contributed by atoms with Gasteiger partial charge in [0.2, 0.25) is 21.8 Å². The number of nitrogens with zero attached hydrogens (tertiary/aromatic N) is 2. The van der Waals surface area contributed by atoms with Gasteiger partial charge in [-0.25, -0.2) is 13.1 Å². The highest BCUT2D eigenvalue weighted by molar-refractivity contribution is 7.88. The number of halogens is 1. The average Bonchev–Trinajstić information content (AvgIpc) is 3.39. The summed E-state index contributed by atoms with van der Waals surface area (Å²) < 4.78 is 28.5. The first-order chi connectivity index (χ1) is 18.6. The van der Waals surface area contributed by atoms with Crippen LogP contribution >= 0.6 is 11.6 Å². The number of hydrogen-bond acceptors (Lipinski definition) is 6. The van der Waals surface area contributed by atoms with E-state index in [1.165, 1.54) is 4.90 Å². The molecule has 0 bridgehead atoms. The maximum Gasteiger partial charge on any atom is 0.243 e. The van der Waals surface area contributed by atoms with Crippen molar-refractivity contribution in [3.63, 3.8) is 0 Å². The zero-order valence-corrected chi connectivity index (χ0v) is 23.3. The van der Waals surface area contributed by atoms with Crippen molar-refractivity contribution in [2.75, 3.05) is 13.1 Å². The molecule has 0 saturated carbocycles. The summed E-state index contributed by atoms with van der Waals surface area (Å²) in [6, 6.07) is 12.2. The zero-order chi connectivity index (χ0) is 28.4. The maximum atomic E-state index is 13.6. The van der Waals surface area contributed by atoms with Crippen LogP contribution in [-0.2, 0) is 38.5 Å². The number of sulfonamides is 1. The van der Waals surface area contributed by atoms with Crippen LogP contribution < -0.4 is 27.2 Å². The molecule has 0 aliphatic carbocycles. The topological polar surface area (TPSA) is 186 Å². The van der Waals surface area contributed by atoms with E-state index >= 15 is 0 Å². The van der Waals surface area contributed by atoms with Gasteiger partial charge in [0, 0.05) is 31.2 Å². The van der Waals surface area contributed by atoms with Gasteiger partial charge in [0.05, 0.1) is 5.75 Å². The Balaban J connectivity index is 1.72. The van der Waals surface area contributed by atoms with E-state index in [0.717, 1.165) is 11.1 Å². The molecule has 0 unspecified atom stereocenters. The third-order valence-electron chi connectivity index (χ3n) is 6.44. The number of carbonyl (C=O) groups is 2. The molecule has 1 fully saturated rings. The van der Waals surface area contributed by atoms with E-state index in [9.17, 15) is 18.0 Å². The molecular formula is C26H36ClN7O4S. The second-order valence-corrected chi connectivity index (χ2v) is 11.6. The van der Waals surface area contributed by atoms with Crippen molar-refractivity contribution in [2.45, 2.75) is 56.6 Å². The Morgan fingerprint density at radius 2 is 1.87 bits per heavy atom. The fraction of sp³-hybridized carbons (Fsp3) is 0.423. The van der Waals surface area contributed by atoms with Crippen LogP contribution in [0, 0.1) is 0 Å². The molecule has 3 rings (SSSR count). The summed E-state index contributed by atoms with van der Waals surface area (Å²) in [7, 11) is -3.87. The van der Waals surface area contributed by atoms with Gasteiger partial charge in [0.1, 0.15) is 12.1 Å². The Morgan fingerprint density at radius 1 is 1.13 bits per heavy atom. The molecule has 11 nitrogen and oxygen atoms in total. The van der Waals surface area contributed by atoms with Crippen LogP contribution in [0.4, 0.5) is 0 Å². The van der Waals surface area contributed by atoms with Gasteiger partial charge in [-0.1, -0.05) is 48.0 Å². The number of hydrogen-bond donors (Lipinski definition) is 5. The van der Waals surface area contributed by atoms with Gasteiger partial charge in [-0.05, 0) is 54.5 Å². The normalized spacial score (nSPS) is 16.1. The van der Waals surface area contributed by atoms with E-state index < -0.39 is 28.0 Å². The van der Waals surface area contributed by atoms with Crippen molar-refractivity contribution < 1.29 is 18.0 Å². The molecule has 0 aromatic heterocycles. The number of benzene rings is 2. The fourth-order valence-corrected chi connectivity index (χ4v) is 6.11. The van der Waals surface area contributed by atoms with Crippen LogP contribution in [0.2, 0.25) is 5.02 Å². The first-order valence-electron chi connectivity index (χ1n) is 12.7. The molecule has 2 aromatic rings. The first-order valence-corrected chi connectivity index (χ1v) is 14.8. The smallest absolute Gasteiger partial charge is 0.243 e. The molecule has 212 valence electrons. The van der Waals surface area contributed by atoms with Gasteiger partial charge in [-0.15, -0.1) is 0 Å². The number of guanidine groups is 1. The van der Waals surface area contributed by atoms with Gasteiger partial charge in [-0.2, -0.15) is 0 Å². The van der Waals surface area contributed by atoms with Crippen molar-refractivity contribution in [3.05, 3.63) is 70.2 Å². The molecule has 39 heavy (non-hydrogen) atoms. The van der Waals surface area contributed by atoms with Crippen LogP contribution in [0.1, 0.15) is 42.4 Å². The van der Waals surface area contributed by atoms with Crippen molar-refractivity contribution in [1.82, 2.24) is 14.9 Å². The van der Waals surface area contributed by atoms with Gasteiger partial charge in [0.15, 0.2) is 5.96 Å². The van der Waals surface area contributed by atoms with Crippen LogP contribution in [0.5, 0.6) is 0 Å². The summed E-state index contributed by atoms with van der Waals surface area (Å²) >= 11 is 6.10. The highest BCUT2D eigenvalue weighted by Gasteiger charge is 2.38. The van der Waals surface area contributed by atoms with E-state index in [1.54, 1.807) is 42.5 Å². The maximum absolute atomic E-state index is 13.6.